The van der Waals surface area contributed by atoms with Crippen molar-refractivity contribution in [3.63, 3.8) is 0 Å². The Morgan fingerprint density at radius 3 is 2.35 bits per heavy atom. The molecule has 0 aliphatic rings. The predicted molar refractivity (Wildman–Crippen MR) is 87.9 cm³/mol. The Balaban J connectivity index is 2.97. The van der Waals surface area contributed by atoms with Crippen LogP contribution in [0.1, 0.15) is 20.3 Å². The summed E-state index contributed by atoms with van der Waals surface area (Å²) in [7, 11) is -3.52. The van der Waals surface area contributed by atoms with Gasteiger partial charge in [0.25, 0.3) is 0 Å². The normalized spacial score (nSPS) is 16.1. The number of rotatable bonds is 7. The summed E-state index contributed by atoms with van der Waals surface area (Å²) >= 11 is -0.842. The number of hydrogen-bond donors (Lipinski definition) is 2. The second-order valence-corrected chi connectivity index (χ2v) is 24.6. The van der Waals surface area contributed by atoms with E-state index in [0.717, 1.165) is 6.42 Å². The van der Waals surface area contributed by atoms with Crippen molar-refractivity contribution in [2.24, 2.45) is 5.92 Å². The van der Waals surface area contributed by atoms with Gasteiger partial charge in [-0.2, -0.15) is 0 Å². The molecule has 4 nitrogen and oxygen atoms in total. The van der Waals surface area contributed by atoms with Crippen LogP contribution in [0.2, 0.25) is 14.8 Å². The van der Waals surface area contributed by atoms with Crippen LogP contribution in [0, 0.1) is 5.92 Å². The number of thiophene rings is 1. The third kappa shape index (κ3) is 4.69. The second kappa shape index (κ2) is 7.09. The first-order valence-corrected chi connectivity index (χ1v) is 19.1. The molecule has 0 saturated carbocycles. The molecule has 0 fully saturated rings. The van der Waals surface area contributed by atoms with Gasteiger partial charge in [0.15, 0.2) is 0 Å². The molecule has 0 aliphatic heterocycles. The first kappa shape index (κ1) is 18.4. The molecule has 1 rings (SSSR count). The summed E-state index contributed by atoms with van der Waals surface area (Å²) in [4.78, 5) is 6.79. The van der Waals surface area contributed by atoms with Gasteiger partial charge in [-0.25, -0.2) is 0 Å². The van der Waals surface area contributed by atoms with Crippen LogP contribution in [0.25, 0.3) is 0 Å². The summed E-state index contributed by atoms with van der Waals surface area (Å²) < 4.78 is 29.0. The minimum absolute atomic E-state index is 0.107. The van der Waals surface area contributed by atoms with E-state index in [4.69, 9.17) is 0 Å². The van der Waals surface area contributed by atoms with Gasteiger partial charge in [0.2, 0.25) is 0 Å². The molecule has 0 radical (unpaired) electrons. The number of sulfonamides is 1. The van der Waals surface area contributed by atoms with Crippen LogP contribution in [0.4, 0.5) is 0 Å². The zero-order valence-electron chi connectivity index (χ0n) is 12.8. The van der Waals surface area contributed by atoms with Crippen molar-refractivity contribution in [1.82, 2.24) is 4.72 Å². The molecule has 116 valence electrons. The van der Waals surface area contributed by atoms with Crippen LogP contribution in [0.15, 0.2) is 16.3 Å². The standard InChI is InChI=1S/C10H16NO3S2.3CH3.Sn/c1-3-8(2)9(7-12)11-16(13,14)10-5-4-6-15-10;;;;/h4-5,8-9,11-12H,3,7H2,1-2H3;3*1H3;/t8-,9+;;;;/m0..../s1. The Kier molecular flexibility index (Phi) is 6.53. The van der Waals surface area contributed by atoms with Crippen LogP contribution in [0.3, 0.4) is 0 Å². The van der Waals surface area contributed by atoms with Gasteiger partial charge >= 0.3 is 131 Å². The van der Waals surface area contributed by atoms with Crippen molar-refractivity contribution in [2.45, 2.75) is 45.3 Å². The molecule has 1 aromatic heterocycles. The van der Waals surface area contributed by atoms with Gasteiger partial charge in [0, 0.05) is 0 Å². The Morgan fingerprint density at radius 1 is 1.35 bits per heavy atom. The fourth-order valence-electron chi connectivity index (χ4n) is 1.74. The third-order valence-electron chi connectivity index (χ3n) is 3.42. The zero-order chi connectivity index (χ0) is 15.6. The van der Waals surface area contributed by atoms with Crippen molar-refractivity contribution in [3.05, 3.63) is 12.1 Å². The quantitative estimate of drug-likeness (QED) is 0.656. The van der Waals surface area contributed by atoms with Gasteiger partial charge in [0.1, 0.15) is 0 Å². The molecule has 0 unspecified atom stereocenters. The molecule has 7 heteroatoms. The first-order chi connectivity index (χ1) is 9.11. The van der Waals surface area contributed by atoms with Crippen LogP contribution in [0.5, 0.6) is 0 Å². The molecule has 0 amide bonds. The molecule has 2 N–H and O–H groups in total. The second-order valence-electron chi connectivity index (χ2n) is 6.16. The van der Waals surface area contributed by atoms with Crippen molar-refractivity contribution < 1.29 is 13.5 Å². The van der Waals surface area contributed by atoms with Crippen molar-refractivity contribution in [1.29, 1.82) is 0 Å². The number of aliphatic hydroxyl groups excluding tert-OH is 1. The number of hydrogen-bond acceptors (Lipinski definition) is 4. The first-order valence-electron chi connectivity index (χ1n) is 6.85. The van der Waals surface area contributed by atoms with Crippen molar-refractivity contribution >= 4 is 42.6 Å². The minimum atomic E-state index is -3.52. The van der Waals surface area contributed by atoms with Gasteiger partial charge < -0.3 is 0 Å². The van der Waals surface area contributed by atoms with Gasteiger partial charge in [-0.1, -0.05) is 0 Å². The van der Waals surface area contributed by atoms with E-state index in [1.807, 2.05) is 19.9 Å². The molecule has 1 heterocycles. The van der Waals surface area contributed by atoms with E-state index < -0.39 is 34.4 Å². The van der Waals surface area contributed by atoms with Gasteiger partial charge in [-0.3, -0.25) is 0 Å². The summed E-state index contributed by atoms with van der Waals surface area (Å²) in [6.45, 7) is 3.75. The van der Waals surface area contributed by atoms with E-state index in [1.165, 1.54) is 14.2 Å². The molecular weight excluding hydrogens is 401 g/mol. The van der Waals surface area contributed by atoms with E-state index in [0.29, 0.717) is 4.21 Å². The van der Waals surface area contributed by atoms with Gasteiger partial charge in [-0.05, 0) is 0 Å². The molecule has 0 aromatic carbocycles. The molecule has 2 atom stereocenters. The van der Waals surface area contributed by atoms with E-state index >= 15 is 0 Å². The molecular formula is C13H25NO3S2Sn. The molecule has 0 spiro atoms. The maximum absolute atomic E-state index is 12.4. The van der Waals surface area contributed by atoms with Gasteiger partial charge in [-0.15, -0.1) is 0 Å². The van der Waals surface area contributed by atoms with E-state index in [1.54, 1.807) is 6.07 Å². The maximum atomic E-state index is 12.4. The van der Waals surface area contributed by atoms with Crippen molar-refractivity contribution in [2.75, 3.05) is 6.61 Å². The number of aliphatic hydroxyl groups is 1. The predicted octanol–water partition coefficient (Wildman–Crippen LogP) is 1.98. The summed E-state index contributed by atoms with van der Waals surface area (Å²) in [5, 5.41) is 9.36. The van der Waals surface area contributed by atoms with E-state index in [9.17, 15) is 13.5 Å². The average molecular weight is 426 g/mol. The van der Waals surface area contributed by atoms with Crippen LogP contribution < -0.4 is 7.62 Å². The molecule has 1 aromatic rings. The molecule has 0 aliphatic carbocycles. The summed E-state index contributed by atoms with van der Waals surface area (Å²) in [6, 6.07) is 3.22. The van der Waals surface area contributed by atoms with E-state index in [-0.39, 0.29) is 12.5 Å². The fraction of sp³-hybridized carbons (Fsp3) is 0.692. The summed E-state index contributed by atoms with van der Waals surface area (Å²) in [5.41, 5.74) is 0. The number of nitrogens with one attached hydrogen (secondary N) is 1. The molecule has 0 bridgehead atoms. The summed E-state index contributed by atoms with van der Waals surface area (Å²) in [5.74, 6) is 0.107. The van der Waals surface area contributed by atoms with Gasteiger partial charge in [0.05, 0.1) is 0 Å². The van der Waals surface area contributed by atoms with Crippen LogP contribution in [-0.4, -0.2) is 44.5 Å². The topological polar surface area (TPSA) is 66.4 Å². The van der Waals surface area contributed by atoms with E-state index in [2.05, 4.69) is 19.5 Å². The van der Waals surface area contributed by atoms with Crippen LogP contribution in [-0.2, 0) is 10.0 Å². The van der Waals surface area contributed by atoms with Crippen LogP contribution >= 0.6 is 11.3 Å². The molecule has 0 saturated heterocycles. The Morgan fingerprint density at radius 2 is 1.95 bits per heavy atom. The third-order valence-corrected chi connectivity index (χ3v) is 16.0. The Bertz CT molecular complexity index is 534. The van der Waals surface area contributed by atoms with Crippen molar-refractivity contribution in [3.8, 4) is 0 Å². The Hall–Kier alpha value is 0.369. The monoisotopic (exact) mass is 427 g/mol. The SMILES string of the molecule is CC[C@H](C)[C@@H](CO)NS(=O)(=O)c1cc[c]([Sn]([CH3])([CH3])[CH3])s1. The summed E-state index contributed by atoms with van der Waals surface area (Å²) in [6.07, 6.45) is 0.821. The Labute approximate surface area is 130 Å². The molecule has 20 heavy (non-hydrogen) atoms. The average Bonchev–Trinajstić information content (AvgIpc) is 2.85. The zero-order valence-corrected chi connectivity index (χ0v) is 17.3. The fourth-order valence-corrected chi connectivity index (χ4v) is 10.3.